The second-order valence-corrected chi connectivity index (χ2v) is 4.06. The van der Waals surface area contributed by atoms with E-state index in [2.05, 4.69) is 20.3 Å². The highest BCUT2D eigenvalue weighted by atomic mass is 19.4. The van der Waals surface area contributed by atoms with Gasteiger partial charge in [0.25, 0.3) is 5.91 Å². The standard InChI is InChI=1S/C12H11F3N4O2/c13-12(14,15)21-10-2-1-7(5-9(10)16)11(20)17-6-8-3-4-18-19-8/h1-5H,6,16H2,(H,17,20)(H,18,19). The number of halogens is 3. The number of aromatic amines is 1. The van der Waals surface area contributed by atoms with E-state index in [0.29, 0.717) is 5.69 Å². The van der Waals surface area contributed by atoms with Crippen LogP contribution in [0.4, 0.5) is 18.9 Å². The lowest BCUT2D eigenvalue weighted by Crippen LogP contribution is -2.23. The van der Waals surface area contributed by atoms with Crippen molar-refractivity contribution in [1.82, 2.24) is 15.5 Å². The molecule has 1 amide bonds. The van der Waals surface area contributed by atoms with Gasteiger partial charge in [-0.1, -0.05) is 0 Å². The summed E-state index contributed by atoms with van der Waals surface area (Å²) < 4.78 is 40.0. The Bertz CT molecular complexity index is 626. The molecule has 0 atom stereocenters. The van der Waals surface area contributed by atoms with E-state index in [4.69, 9.17) is 5.73 Å². The molecule has 0 bridgehead atoms. The first kappa shape index (κ1) is 14.7. The van der Waals surface area contributed by atoms with Crippen LogP contribution in [0.25, 0.3) is 0 Å². The number of amides is 1. The predicted octanol–water partition coefficient (Wildman–Crippen LogP) is 1.82. The fourth-order valence-corrected chi connectivity index (χ4v) is 1.57. The molecule has 21 heavy (non-hydrogen) atoms. The molecular formula is C12H11F3N4O2. The number of aromatic nitrogens is 2. The average molecular weight is 300 g/mol. The molecule has 6 nitrogen and oxygen atoms in total. The van der Waals surface area contributed by atoms with E-state index in [1.54, 1.807) is 6.07 Å². The molecule has 1 aromatic heterocycles. The zero-order valence-corrected chi connectivity index (χ0v) is 10.6. The molecule has 9 heteroatoms. The van der Waals surface area contributed by atoms with Crippen molar-refractivity contribution in [3.63, 3.8) is 0 Å². The summed E-state index contributed by atoms with van der Waals surface area (Å²) in [4.78, 5) is 11.8. The quantitative estimate of drug-likeness (QED) is 0.751. The van der Waals surface area contributed by atoms with Gasteiger partial charge in [-0.2, -0.15) is 5.10 Å². The number of alkyl halides is 3. The van der Waals surface area contributed by atoms with Crippen molar-refractivity contribution in [1.29, 1.82) is 0 Å². The largest absolute Gasteiger partial charge is 0.573 e. The summed E-state index contributed by atoms with van der Waals surface area (Å²) in [5, 5.41) is 8.94. The van der Waals surface area contributed by atoms with Gasteiger partial charge in [0.05, 0.1) is 17.9 Å². The van der Waals surface area contributed by atoms with Crippen molar-refractivity contribution in [2.75, 3.05) is 5.73 Å². The first-order valence-corrected chi connectivity index (χ1v) is 5.77. The van der Waals surface area contributed by atoms with Gasteiger partial charge < -0.3 is 15.8 Å². The van der Waals surface area contributed by atoms with E-state index in [9.17, 15) is 18.0 Å². The molecule has 0 spiro atoms. The number of hydrogen-bond donors (Lipinski definition) is 3. The number of rotatable bonds is 4. The zero-order valence-electron chi connectivity index (χ0n) is 10.6. The highest BCUT2D eigenvalue weighted by Gasteiger charge is 2.32. The third-order valence-corrected chi connectivity index (χ3v) is 2.50. The molecule has 0 saturated carbocycles. The predicted molar refractivity (Wildman–Crippen MR) is 67.3 cm³/mol. The van der Waals surface area contributed by atoms with Gasteiger partial charge in [0.1, 0.15) is 0 Å². The number of nitrogens with two attached hydrogens (primary N) is 1. The third kappa shape index (κ3) is 4.13. The number of hydrogen-bond acceptors (Lipinski definition) is 4. The van der Waals surface area contributed by atoms with Crippen LogP contribution >= 0.6 is 0 Å². The number of carbonyl (C=O) groups is 1. The summed E-state index contributed by atoms with van der Waals surface area (Å²) in [5.74, 6) is -1.03. The number of nitrogens with one attached hydrogen (secondary N) is 2. The zero-order chi connectivity index (χ0) is 15.5. The molecule has 0 aliphatic heterocycles. The smallest absolute Gasteiger partial charge is 0.404 e. The lowest BCUT2D eigenvalue weighted by Gasteiger charge is -2.12. The van der Waals surface area contributed by atoms with Gasteiger partial charge in [-0.25, -0.2) is 0 Å². The molecule has 0 radical (unpaired) electrons. The highest BCUT2D eigenvalue weighted by molar-refractivity contribution is 5.95. The van der Waals surface area contributed by atoms with Gasteiger partial charge in [-0.3, -0.25) is 9.89 Å². The van der Waals surface area contributed by atoms with Crippen LogP contribution in [0.3, 0.4) is 0 Å². The van der Waals surface area contributed by atoms with Crippen molar-refractivity contribution in [3.8, 4) is 5.75 Å². The van der Waals surface area contributed by atoms with Gasteiger partial charge in [0, 0.05) is 11.8 Å². The Labute approximate surface area is 117 Å². The van der Waals surface area contributed by atoms with Crippen molar-refractivity contribution in [2.24, 2.45) is 0 Å². The maximum absolute atomic E-state index is 12.1. The molecule has 2 aromatic rings. The van der Waals surface area contributed by atoms with Gasteiger partial charge in [-0.15, -0.1) is 13.2 Å². The maximum atomic E-state index is 12.1. The van der Waals surface area contributed by atoms with Crippen LogP contribution in [0.2, 0.25) is 0 Å². The summed E-state index contributed by atoms with van der Waals surface area (Å²) in [6.07, 6.45) is -3.30. The first-order valence-electron chi connectivity index (χ1n) is 5.77. The van der Waals surface area contributed by atoms with Crippen molar-refractivity contribution in [2.45, 2.75) is 12.9 Å². The van der Waals surface area contributed by atoms with Gasteiger partial charge in [0.2, 0.25) is 0 Å². The number of carbonyl (C=O) groups excluding carboxylic acids is 1. The van der Waals surface area contributed by atoms with Crippen LogP contribution in [-0.4, -0.2) is 22.5 Å². The Morgan fingerprint density at radius 1 is 1.38 bits per heavy atom. The SMILES string of the molecule is Nc1cc(C(=O)NCc2ccn[nH]2)ccc1OC(F)(F)F. The van der Waals surface area contributed by atoms with Crippen molar-refractivity contribution >= 4 is 11.6 Å². The lowest BCUT2D eigenvalue weighted by atomic mass is 10.1. The number of H-pyrrole nitrogens is 1. The van der Waals surface area contributed by atoms with E-state index in [-0.39, 0.29) is 17.8 Å². The molecular weight excluding hydrogens is 289 g/mol. The highest BCUT2D eigenvalue weighted by Crippen LogP contribution is 2.28. The van der Waals surface area contributed by atoms with E-state index >= 15 is 0 Å². The van der Waals surface area contributed by atoms with E-state index in [0.717, 1.165) is 12.1 Å². The summed E-state index contributed by atoms with van der Waals surface area (Å²) in [5.41, 5.74) is 5.97. The number of nitrogen functional groups attached to an aromatic ring is 1. The molecule has 4 N–H and O–H groups in total. The average Bonchev–Trinajstić information content (AvgIpc) is 2.90. The molecule has 0 fully saturated rings. The first-order chi connectivity index (χ1) is 9.85. The number of benzene rings is 1. The van der Waals surface area contributed by atoms with E-state index in [1.165, 1.54) is 12.3 Å². The molecule has 2 rings (SSSR count). The Morgan fingerprint density at radius 3 is 2.71 bits per heavy atom. The third-order valence-electron chi connectivity index (χ3n) is 2.50. The van der Waals surface area contributed by atoms with E-state index < -0.39 is 18.0 Å². The van der Waals surface area contributed by atoms with Gasteiger partial charge >= 0.3 is 6.36 Å². The molecule has 0 aliphatic rings. The van der Waals surface area contributed by atoms with Gasteiger partial charge in [0.15, 0.2) is 5.75 Å². The lowest BCUT2D eigenvalue weighted by molar-refractivity contribution is -0.274. The minimum absolute atomic E-state index is 0.126. The minimum atomic E-state index is -4.83. The normalized spacial score (nSPS) is 11.2. The van der Waals surface area contributed by atoms with Crippen LogP contribution in [0.1, 0.15) is 16.1 Å². The maximum Gasteiger partial charge on any atom is 0.573 e. The van der Waals surface area contributed by atoms with Crippen LogP contribution in [0.5, 0.6) is 5.75 Å². The second-order valence-electron chi connectivity index (χ2n) is 4.06. The Hall–Kier alpha value is -2.71. The Kier molecular flexibility index (Phi) is 4.01. The molecule has 0 aliphatic carbocycles. The number of anilines is 1. The fraction of sp³-hybridized carbons (Fsp3) is 0.167. The Balaban J connectivity index is 2.03. The fourth-order valence-electron chi connectivity index (χ4n) is 1.57. The molecule has 1 heterocycles. The van der Waals surface area contributed by atoms with Crippen LogP contribution < -0.4 is 15.8 Å². The van der Waals surface area contributed by atoms with Crippen molar-refractivity contribution in [3.05, 3.63) is 41.7 Å². The topological polar surface area (TPSA) is 93.0 Å². The molecule has 0 saturated heterocycles. The summed E-state index contributed by atoms with van der Waals surface area (Å²) in [7, 11) is 0. The number of ether oxygens (including phenoxy) is 1. The van der Waals surface area contributed by atoms with Crippen LogP contribution in [0.15, 0.2) is 30.5 Å². The van der Waals surface area contributed by atoms with Crippen LogP contribution in [0, 0.1) is 0 Å². The summed E-state index contributed by atoms with van der Waals surface area (Å²) in [6, 6.07) is 4.98. The molecule has 112 valence electrons. The second kappa shape index (κ2) is 5.73. The monoisotopic (exact) mass is 300 g/mol. The van der Waals surface area contributed by atoms with Crippen molar-refractivity contribution < 1.29 is 22.7 Å². The molecule has 0 unspecified atom stereocenters. The molecule has 1 aromatic carbocycles. The van der Waals surface area contributed by atoms with Gasteiger partial charge in [-0.05, 0) is 24.3 Å². The van der Waals surface area contributed by atoms with Crippen LogP contribution in [-0.2, 0) is 6.54 Å². The number of nitrogens with zero attached hydrogens (tertiary/aromatic N) is 1. The van der Waals surface area contributed by atoms with E-state index in [1.807, 2.05) is 0 Å². The Morgan fingerprint density at radius 2 is 2.14 bits per heavy atom. The minimum Gasteiger partial charge on any atom is -0.404 e. The summed E-state index contributed by atoms with van der Waals surface area (Å²) in [6.45, 7) is 0.208. The summed E-state index contributed by atoms with van der Waals surface area (Å²) >= 11 is 0.